The molecule has 43 heavy (non-hydrogen) atoms. The van der Waals surface area contributed by atoms with Gasteiger partial charge in [0.25, 0.3) is 0 Å². The van der Waals surface area contributed by atoms with E-state index in [-0.39, 0.29) is 0 Å². The van der Waals surface area contributed by atoms with Gasteiger partial charge >= 0.3 is 40.7 Å². The molecule has 0 aliphatic carbocycles. The van der Waals surface area contributed by atoms with E-state index in [4.69, 9.17) is 20.3 Å². The average molecular weight is 578 g/mol. The molecule has 0 amide bonds. The fourth-order valence-corrected chi connectivity index (χ4v) is 3.41. The van der Waals surface area contributed by atoms with Crippen molar-refractivity contribution in [2.75, 3.05) is 0 Å². The van der Waals surface area contributed by atoms with Crippen LogP contribution in [0.2, 0.25) is 0 Å². The lowest BCUT2D eigenvalue weighted by molar-refractivity contribution is -0.260. The van der Waals surface area contributed by atoms with E-state index in [0.29, 0.717) is 24.6 Å². The molecule has 0 unspecified atom stereocenters. The highest BCUT2D eigenvalue weighted by molar-refractivity contribution is 6.73. The van der Waals surface area contributed by atoms with Crippen LogP contribution in [0.3, 0.4) is 0 Å². The van der Waals surface area contributed by atoms with E-state index in [2.05, 4.69) is 32.8 Å². The van der Waals surface area contributed by atoms with Crippen molar-refractivity contribution in [1.29, 1.82) is 10.8 Å². The Bertz CT molecular complexity index is 1350. The second-order valence-electron chi connectivity index (χ2n) is 8.57. The molecule has 2 bridgehead atoms. The van der Waals surface area contributed by atoms with Crippen molar-refractivity contribution in [1.82, 2.24) is 0 Å². The first kappa shape index (κ1) is 31.2. The Labute approximate surface area is 248 Å². The molecule has 212 valence electrons. The van der Waals surface area contributed by atoms with Gasteiger partial charge in [-0.05, 0) is 35.4 Å². The van der Waals surface area contributed by atoms with Gasteiger partial charge in [0, 0.05) is 24.3 Å². The molecule has 6 rings (SSSR count). The van der Waals surface area contributed by atoms with Gasteiger partial charge in [0.05, 0.1) is 0 Å². The maximum atomic E-state index is 10.5. The number of rotatable bonds is 6. The molecule has 2 aliphatic heterocycles. The molecule has 0 aromatic heterocycles. The van der Waals surface area contributed by atoms with E-state index < -0.39 is 29.3 Å². The maximum Gasteiger partial charge on any atom is 0.597 e. The minimum atomic E-state index is -1.73. The third-order valence-corrected chi connectivity index (χ3v) is 5.51. The monoisotopic (exact) mass is 578 g/mol. The van der Waals surface area contributed by atoms with Gasteiger partial charge in [-0.1, -0.05) is 60.7 Å². The van der Waals surface area contributed by atoms with Crippen molar-refractivity contribution < 1.29 is 42.4 Å². The first-order valence-corrected chi connectivity index (χ1v) is 12.8. The number of nitrogens with zero attached hydrogens (tertiary/aromatic N) is 4. The summed E-state index contributed by atoms with van der Waals surface area (Å²) in [5.41, 5.74) is 3.29. The van der Waals surface area contributed by atoms with Gasteiger partial charge in [-0.15, -0.1) is 0 Å². The van der Waals surface area contributed by atoms with Gasteiger partial charge in [0.15, 0.2) is 9.95 Å². The fraction of sp³-hybridized carbons (Fsp3) is 0.0769. The van der Waals surface area contributed by atoms with Crippen molar-refractivity contribution in [2.24, 2.45) is 0 Å². The molecule has 4 aromatic rings. The number of hydrogen-bond acceptors (Lipinski definition) is 11. The van der Waals surface area contributed by atoms with Crippen molar-refractivity contribution in [2.45, 2.75) is 13.2 Å². The quantitative estimate of drug-likeness (QED) is 0.244. The van der Waals surface area contributed by atoms with Gasteiger partial charge in [0.1, 0.15) is 24.7 Å². The predicted octanol–water partition coefficient (Wildman–Crippen LogP) is 3.26. The Morgan fingerprint density at radius 2 is 0.860 bits per heavy atom. The van der Waals surface area contributed by atoms with Gasteiger partial charge in [0.2, 0.25) is 10.8 Å². The summed E-state index contributed by atoms with van der Waals surface area (Å²) in [6.45, 7) is 1.08. The van der Waals surface area contributed by atoms with E-state index in [9.17, 15) is 10.0 Å². The van der Waals surface area contributed by atoms with Gasteiger partial charge in [-0.25, -0.2) is 0 Å². The lowest BCUT2D eigenvalue weighted by Crippen LogP contribution is -2.65. The van der Waals surface area contributed by atoms with Crippen LogP contribution < -0.4 is 19.5 Å². The lowest BCUT2D eigenvalue weighted by atomic mass is 9.90. The van der Waals surface area contributed by atoms with E-state index in [1.165, 1.54) is 0 Å². The standard InChI is InChI=1S/2C13H11N2O.B4O7/c2*14-15-12-6-8-13(9-7-12)16-10-11-4-2-1-3-5-11;5-1-7-3-9-2(6)10-4(8-1)11-3/h2*1-9H,10H2;/q2*+1;-2. The zero-order chi connectivity index (χ0) is 30.3. The molecule has 2 fully saturated rings. The van der Waals surface area contributed by atoms with Crippen molar-refractivity contribution in [3.63, 3.8) is 0 Å². The predicted molar refractivity (Wildman–Crippen MR) is 152 cm³/mol. The molecule has 0 spiro atoms. The van der Waals surface area contributed by atoms with Crippen molar-refractivity contribution >= 4 is 40.7 Å². The van der Waals surface area contributed by atoms with Crippen LogP contribution in [0, 0.1) is 10.8 Å². The van der Waals surface area contributed by atoms with Crippen LogP contribution >= 0.6 is 0 Å². The summed E-state index contributed by atoms with van der Waals surface area (Å²) < 4.78 is 33.0. The smallest absolute Gasteiger partial charge is 0.597 e. The summed E-state index contributed by atoms with van der Waals surface area (Å²) in [5.74, 6) is 1.52. The lowest BCUT2D eigenvalue weighted by Gasteiger charge is -2.40. The molecule has 13 nitrogen and oxygen atoms in total. The largest absolute Gasteiger partial charge is 0.833 e. The van der Waals surface area contributed by atoms with E-state index in [0.717, 1.165) is 22.6 Å². The fourth-order valence-electron chi connectivity index (χ4n) is 3.41. The number of benzene rings is 4. The summed E-state index contributed by atoms with van der Waals surface area (Å²) in [6.07, 6.45) is 0. The van der Waals surface area contributed by atoms with Gasteiger partial charge in [-0.3, -0.25) is 0 Å². The molecule has 2 heterocycles. The SMILES string of the molecule is N#[N+]c1ccc(OCc2ccccc2)cc1.N#[N+]c1ccc(OCc2ccccc2)cc1.[O-]B1OB2OB([O-])OB(O1)O2. The Morgan fingerprint density at radius 3 is 1.19 bits per heavy atom. The number of ether oxygens (including phenoxy) is 2. The molecule has 0 N–H and O–H groups in total. The summed E-state index contributed by atoms with van der Waals surface area (Å²) >= 11 is 0. The second kappa shape index (κ2) is 16.7. The summed E-state index contributed by atoms with van der Waals surface area (Å²) in [7, 11) is -6.00. The van der Waals surface area contributed by atoms with Crippen molar-refractivity contribution in [3.8, 4) is 11.5 Å². The molecular formula is C26H22B4N4O9. The topological polar surface area (TPSA) is 167 Å². The molecular weight excluding hydrogens is 556 g/mol. The highest BCUT2D eigenvalue weighted by Crippen LogP contribution is 2.20. The Kier molecular flexibility index (Phi) is 12.1. The molecule has 17 heteroatoms. The van der Waals surface area contributed by atoms with Gasteiger partial charge in [-0.2, -0.15) is 0 Å². The molecule has 0 radical (unpaired) electrons. The summed E-state index contributed by atoms with van der Waals surface area (Å²) in [4.78, 5) is 6.15. The zero-order valence-electron chi connectivity index (χ0n) is 22.6. The molecule has 2 aliphatic rings. The minimum Gasteiger partial charge on any atom is -0.833 e. The Hall–Kier alpha value is -4.70. The van der Waals surface area contributed by atoms with E-state index >= 15 is 0 Å². The Morgan fingerprint density at radius 1 is 0.512 bits per heavy atom. The third kappa shape index (κ3) is 10.9. The molecule has 2 saturated heterocycles. The highest BCUT2D eigenvalue weighted by atomic mass is 16.9. The maximum absolute atomic E-state index is 10.5. The van der Waals surface area contributed by atoms with Crippen LogP contribution in [0.5, 0.6) is 11.5 Å². The third-order valence-electron chi connectivity index (χ3n) is 5.51. The van der Waals surface area contributed by atoms with Crippen LogP contribution in [-0.2, 0) is 36.1 Å². The van der Waals surface area contributed by atoms with Crippen LogP contribution in [0.4, 0.5) is 11.4 Å². The summed E-state index contributed by atoms with van der Waals surface area (Å²) in [6, 6.07) is 33.8. The van der Waals surface area contributed by atoms with Crippen LogP contribution in [-0.4, -0.2) is 29.3 Å². The van der Waals surface area contributed by atoms with Crippen LogP contribution in [0.15, 0.2) is 109 Å². The van der Waals surface area contributed by atoms with E-state index in [1.807, 2.05) is 60.7 Å². The number of hydrogen-bond donors (Lipinski definition) is 0. The average Bonchev–Trinajstić information content (AvgIpc) is 3.04. The number of fused-ring (bicyclic) bond motifs is 2. The number of diazo groups is 2. The molecule has 4 aromatic carbocycles. The normalized spacial score (nSPS) is 13.3. The van der Waals surface area contributed by atoms with E-state index in [1.54, 1.807) is 48.5 Å². The highest BCUT2D eigenvalue weighted by Gasteiger charge is 2.44. The molecule has 0 saturated carbocycles. The summed E-state index contributed by atoms with van der Waals surface area (Å²) in [5, 5.41) is 38.0. The minimum absolute atomic E-state index is 0.520. The van der Waals surface area contributed by atoms with Gasteiger partial charge < -0.3 is 42.4 Å². The van der Waals surface area contributed by atoms with Crippen LogP contribution in [0.1, 0.15) is 11.1 Å². The molecule has 0 atom stereocenters. The second-order valence-corrected chi connectivity index (χ2v) is 8.57. The zero-order valence-corrected chi connectivity index (χ0v) is 22.6. The first-order chi connectivity index (χ1) is 21.0. The van der Waals surface area contributed by atoms with Crippen molar-refractivity contribution in [3.05, 3.63) is 130 Å². The first-order valence-electron chi connectivity index (χ1n) is 12.8. The van der Waals surface area contributed by atoms with Crippen LogP contribution in [0.25, 0.3) is 9.95 Å². The Balaban J connectivity index is 0.000000150.